The van der Waals surface area contributed by atoms with E-state index in [1.807, 2.05) is 0 Å². The lowest BCUT2D eigenvalue weighted by molar-refractivity contribution is 0.372. The van der Waals surface area contributed by atoms with E-state index in [-0.39, 0.29) is 0 Å². The van der Waals surface area contributed by atoms with Crippen molar-refractivity contribution in [2.45, 2.75) is 0 Å². The van der Waals surface area contributed by atoms with E-state index in [4.69, 9.17) is 0 Å². The molecule has 0 saturated carbocycles. The highest BCUT2D eigenvalue weighted by Gasteiger charge is 2.46. The van der Waals surface area contributed by atoms with Crippen molar-refractivity contribution in [1.82, 2.24) is 19.2 Å². The molecule has 74 valence electrons. The Hall–Kier alpha value is -0.0301. The fourth-order valence-corrected chi connectivity index (χ4v) is 2.30. The second-order valence-corrected chi connectivity index (χ2v) is 4.41. The van der Waals surface area contributed by atoms with Gasteiger partial charge in [0.25, 0.3) is 0 Å². The molecular formula is C7H20B2N4. The second kappa shape index (κ2) is 4.00. The predicted octanol–water partition coefficient (Wildman–Crippen LogP) is -1.00. The van der Waals surface area contributed by atoms with Crippen LogP contribution in [0.4, 0.5) is 0 Å². The summed E-state index contributed by atoms with van der Waals surface area (Å²) < 4.78 is 0. The number of nitrogens with zero attached hydrogens (tertiary/aromatic N) is 4. The smallest absolute Gasteiger partial charge is 0.313 e. The van der Waals surface area contributed by atoms with E-state index in [9.17, 15) is 0 Å². The fraction of sp³-hybridized carbons (Fsp3) is 1.00. The zero-order chi connectivity index (χ0) is 10.2. The highest BCUT2D eigenvalue weighted by Crippen LogP contribution is 2.13. The summed E-state index contributed by atoms with van der Waals surface area (Å²) in [5.74, 6) is 0. The van der Waals surface area contributed by atoms with E-state index < -0.39 is 0 Å². The Morgan fingerprint density at radius 2 is 1.15 bits per heavy atom. The average Bonchev–Trinajstić information content (AvgIpc) is 2.24. The number of hydrogen-bond donors (Lipinski definition) is 0. The summed E-state index contributed by atoms with van der Waals surface area (Å²) >= 11 is 0. The van der Waals surface area contributed by atoms with Crippen molar-refractivity contribution in [3.63, 3.8) is 0 Å². The van der Waals surface area contributed by atoms with Crippen LogP contribution in [0, 0.1) is 0 Å². The summed E-state index contributed by atoms with van der Waals surface area (Å²) in [5, 5.41) is 0. The van der Waals surface area contributed by atoms with E-state index in [1.165, 1.54) is 0 Å². The summed E-state index contributed by atoms with van der Waals surface area (Å²) in [5.41, 5.74) is 0. The normalized spacial score (nSPS) is 21.2. The molecule has 0 bridgehead atoms. The molecular weight excluding hydrogens is 162 g/mol. The molecule has 0 spiro atoms. The molecule has 0 N–H and O–H groups in total. The lowest BCUT2D eigenvalue weighted by atomic mass is 9.33. The fourth-order valence-electron chi connectivity index (χ4n) is 2.30. The SMILES string of the molecule is CN(C)B1B(N(C)C)N(C)CN1C. The van der Waals surface area contributed by atoms with Gasteiger partial charge in [-0.25, -0.2) is 0 Å². The Kier molecular flexibility index (Phi) is 3.40. The lowest BCUT2D eigenvalue weighted by Crippen LogP contribution is -2.60. The highest BCUT2D eigenvalue weighted by atomic mass is 15.4. The molecule has 0 unspecified atom stereocenters. The van der Waals surface area contributed by atoms with E-state index in [2.05, 4.69) is 61.5 Å². The zero-order valence-electron chi connectivity index (χ0n) is 9.65. The van der Waals surface area contributed by atoms with E-state index in [1.54, 1.807) is 0 Å². The van der Waals surface area contributed by atoms with Gasteiger partial charge in [-0.05, 0) is 42.3 Å². The first kappa shape index (κ1) is 11.0. The third-order valence-corrected chi connectivity index (χ3v) is 2.67. The van der Waals surface area contributed by atoms with Gasteiger partial charge in [-0.3, -0.25) is 0 Å². The molecule has 1 heterocycles. The van der Waals surface area contributed by atoms with Crippen LogP contribution in [0.25, 0.3) is 0 Å². The molecule has 0 radical (unpaired) electrons. The largest absolute Gasteiger partial charge is 0.337 e. The molecule has 1 saturated heterocycles. The molecule has 0 aromatic carbocycles. The molecule has 0 amide bonds. The van der Waals surface area contributed by atoms with Crippen LogP contribution in [0.3, 0.4) is 0 Å². The van der Waals surface area contributed by atoms with Crippen LogP contribution in [0.5, 0.6) is 0 Å². The summed E-state index contributed by atoms with van der Waals surface area (Å²) in [6, 6.07) is 0. The third-order valence-electron chi connectivity index (χ3n) is 2.67. The Morgan fingerprint density at radius 1 is 0.846 bits per heavy atom. The van der Waals surface area contributed by atoms with Crippen LogP contribution in [-0.4, -0.2) is 81.9 Å². The predicted molar refractivity (Wildman–Crippen MR) is 59.3 cm³/mol. The molecule has 4 nitrogen and oxygen atoms in total. The minimum atomic E-state index is 0.486. The number of hydrogen-bond acceptors (Lipinski definition) is 4. The van der Waals surface area contributed by atoms with Gasteiger partial charge in [-0.15, -0.1) is 0 Å². The van der Waals surface area contributed by atoms with Crippen molar-refractivity contribution >= 4 is 13.7 Å². The zero-order valence-corrected chi connectivity index (χ0v) is 9.65. The van der Waals surface area contributed by atoms with Gasteiger partial charge in [0, 0.05) is 6.67 Å². The molecule has 0 aromatic rings. The van der Waals surface area contributed by atoms with Crippen molar-refractivity contribution in [1.29, 1.82) is 0 Å². The van der Waals surface area contributed by atoms with Gasteiger partial charge in [0.05, 0.1) is 0 Å². The van der Waals surface area contributed by atoms with Crippen LogP contribution in [0.2, 0.25) is 0 Å². The van der Waals surface area contributed by atoms with Gasteiger partial charge < -0.3 is 19.2 Å². The van der Waals surface area contributed by atoms with E-state index in [0.717, 1.165) is 6.67 Å². The van der Waals surface area contributed by atoms with Crippen LogP contribution in [0.15, 0.2) is 0 Å². The van der Waals surface area contributed by atoms with Crippen LogP contribution in [-0.2, 0) is 0 Å². The highest BCUT2D eigenvalue weighted by molar-refractivity contribution is 7.18. The maximum atomic E-state index is 2.37. The topological polar surface area (TPSA) is 13.0 Å². The molecule has 1 fully saturated rings. The molecule has 1 aliphatic rings. The monoisotopic (exact) mass is 182 g/mol. The third kappa shape index (κ3) is 2.07. The summed E-state index contributed by atoms with van der Waals surface area (Å²) in [6.07, 6.45) is 0. The van der Waals surface area contributed by atoms with Crippen LogP contribution in [0.1, 0.15) is 0 Å². The van der Waals surface area contributed by atoms with Gasteiger partial charge in [-0.1, -0.05) is 0 Å². The molecule has 13 heavy (non-hydrogen) atoms. The molecule has 1 aliphatic heterocycles. The molecule has 0 aromatic heterocycles. The Labute approximate surface area is 82.7 Å². The minimum Gasteiger partial charge on any atom is -0.337 e. The molecule has 0 aliphatic carbocycles. The van der Waals surface area contributed by atoms with Crippen molar-refractivity contribution < 1.29 is 0 Å². The lowest BCUT2D eigenvalue weighted by Gasteiger charge is -2.28. The first-order valence-corrected chi connectivity index (χ1v) is 4.68. The van der Waals surface area contributed by atoms with Crippen molar-refractivity contribution in [3.05, 3.63) is 0 Å². The Bertz CT molecular complexity index is 158. The van der Waals surface area contributed by atoms with Crippen molar-refractivity contribution in [2.75, 3.05) is 49.0 Å². The van der Waals surface area contributed by atoms with Crippen LogP contribution < -0.4 is 0 Å². The Morgan fingerprint density at radius 3 is 1.38 bits per heavy atom. The van der Waals surface area contributed by atoms with E-state index >= 15 is 0 Å². The number of rotatable bonds is 2. The maximum absolute atomic E-state index is 2.37. The average molecular weight is 182 g/mol. The first-order chi connectivity index (χ1) is 5.95. The van der Waals surface area contributed by atoms with Gasteiger partial charge >= 0.3 is 13.7 Å². The van der Waals surface area contributed by atoms with Crippen LogP contribution >= 0.6 is 0 Å². The molecule has 1 rings (SSSR count). The summed E-state index contributed by atoms with van der Waals surface area (Å²) in [6.45, 7) is 2.01. The minimum absolute atomic E-state index is 0.486. The standard InChI is InChI=1S/C7H20B2N4/c1-10(2)8-9(11(3)4)13(6)7-12(8)5/h7H2,1-6H3. The van der Waals surface area contributed by atoms with Gasteiger partial charge in [-0.2, -0.15) is 0 Å². The van der Waals surface area contributed by atoms with Gasteiger partial charge in [0.1, 0.15) is 0 Å². The van der Waals surface area contributed by atoms with Gasteiger partial charge in [0.15, 0.2) is 0 Å². The molecule has 6 heteroatoms. The summed E-state index contributed by atoms with van der Waals surface area (Å²) in [4.78, 5) is 9.28. The first-order valence-electron chi connectivity index (χ1n) is 4.68. The van der Waals surface area contributed by atoms with Crippen molar-refractivity contribution in [3.8, 4) is 0 Å². The van der Waals surface area contributed by atoms with Crippen molar-refractivity contribution in [2.24, 2.45) is 0 Å². The molecule has 0 atom stereocenters. The second-order valence-electron chi connectivity index (χ2n) is 4.41. The van der Waals surface area contributed by atoms with E-state index in [0.29, 0.717) is 13.7 Å². The maximum Gasteiger partial charge on any atom is 0.313 e. The summed E-state index contributed by atoms with van der Waals surface area (Å²) in [7, 11) is 12.9. The van der Waals surface area contributed by atoms with Gasteiger partial charge in [0.2, 0.25) is 0 Å². The Balaban J connectivity index is 2.77. The quantitative estimate of drug-likeness (QED) is 0.507.